The molecule has 0 aliphatic carbocycles. The Labute approximate surface area is 92.9 Å². The van der Waals surface area contributed by atoms with Gasteiger partial charge in [-0.3, -0.25) is 4.18 Å². The molecule has 1 atom stereocenters. The van der Waals surface area contributed by atoms with Crippen LogP contribution in [0, 0.1) is 0 Å². The predicted molar refractivity (Wildman–Crippen MR) is 63.4 cm³/mol. The first-order chi connectivity index (χ1) is 7.15. The summed E-state index contributed by atoms with van der Waals surface area (Å²) in [6.07, 6.45) is 0. The Balaban J connectivity index is 3.27. The molecular weight excluding hydrogens is 208 g/mol. The Morgan fingerprint density at radius 2 is 1.87 bits per heavy atom. The van der Waals surface area contributed by atoms with Crippen molar-refractivity contribution in [2.45, 2.75) is 13.8 Å². The average Bonchev–Trinajstić information content (AvgIpc) is 2.26. The fourth-order valence-electron chi connectivity index (χ4n) is 1.11. The SMILES string of the molecule is COS(=O)C(=C=C(C)C)c1ccccc1. The van der Waals surface area contributed by atoms with Crippen molar-refractivity contribution >= 4 is 16.0 Å². The largest absolute Gasteiger partial charge is 0.290 e. The molecule has 80 valence electrons. The van der Waals surface area contributed by atoms with E-state index < -0.39 is 11.1 Å². The van der Waals surface area contributed by atoms with Crippen LogP contribution in [-0.4, -0.2) is 11.3 Å². The normalized spacial score (nSPS) is 11.7. The highest BCUT2D eigenvalue weighted by atomic mass is 32.2. The first kappa shape index (κ1) is 11.9. The lowest BCUT2D eigenvalue weighted by atomic mass is 10.2. The molecule has 1 aromatic rings. The maximum Gasteiger partial charge on any atom is 0.197 e. The second-order valence-electron chi connectivity index (χ2n) is 3.22. The van der Waals surface area contributed by atoms with Gasteiger partial charge in [-0.05, 0) is 19.4 Å². The van der Waals surface area contributed by atoms with Crippen LogP contribution in [0.5, 0.6) is 0 Å². The molecular formula is C12H14O2S. The Kier molecular flexibility index (Phi) is 4.50. The molecule has 1 unspecified atom stereocenters. The van der Waals surface area contributed by atoms with Crippen molar-refractivity contribution in [3.63, 3.8) is 0 Å². The van der Waals surface area contributed by atoms with Crippen molar-refractivity contribution in [3.8, 4) is 0 Å². The van der Waals surface area contributed by atoms with Gasteiger partial charge in [0.2, 0.25) is 0 Å². The number of hydrogen-bond acceptors (Lipinski definition) is 2. The van der Waals surface area contributed by atoms with Crippen LogP contribution >= 0.6 is 0 Å². The van der Waals surface area contributed by atoms with Crippen molar-refractivity contribution in [3.05, 3.63) is 47.2 Å². The average molecular weight is 222 g/mol. The van der Waals surface area contributed by atoms with Gasteiger partial charge in [-0.2, -0.15) is 0 Å². The van der Waals surface area contributed by atoms with Crippen LogP contribution in [0.1, 0.15) is 19.4 Å². The fourth-order valence-corrected chi connectivity index (χ4v) is 1.89. The van der Waals surface area contributed by atoms with E-state index in [4.69, 9.17) is 4.18 Å². The first-order valence-electron chi connectivity index (χ1n) is 4.61. The maximum atomic E-state index is 11.6. The molecule has 0 heterocycles. The molecule has 3 heteroatoms. The van der Waals surface area contributed by atoms with Gasteiger partial charge in [0, 0.05) is 5.56 Å². The first-order valence-corrected chi connectivity index (χ1v) is 5.68. The lowest BCUT2D eigenvalue weighted by molar-refractivity contribution is 0.453. The lowest BCUT2D eigenvalue weighted by Gasteiger charge is -2.02. The summed E-state index contributed by atoms with van der Waals surface area (Å²) in [7, 11) is 1.42. The molecule has 15 heavy (non-hydrogen) atoms. The van der Waals surface area contributed by atoms with Crippen LogP contribution in [0.15, 0.2) is 41.6 Å². The smallest absolute Gasteiger partial charge is 0.197 e. The minimum absolute atomic E-state index is 0.582. The van der Waals surface area contributed by atoms with Crippen molar-refractivity contribution in [1.29, 1.82) is 0 Å². The van der Waals surface area contributed by atoms with Crippen LogP contribution in [-0.2, 0) is 15.3 Å². The predicted octanol–water partition coefficient (Wildman–Crippen LogP) is 2.90. The molecule has 1 rings (SSSR count). The van der Waals surface area contributed by atoms with Crippen LogP contribution < -0.4 is 0 Å². The summed E-state index contributed by atoms with van der Waals surface area (Å²) in [5, 5.41) is 0. The second-order valence-corrected chi connectivity index (χ2v) is 4.43. The number of benzene rings is 1. The molecule has 0 aliphatic heterocycles. The van der Waals surface area contributed by atoms with Gasteiger partial charge in [-0.1, -0.05) is 30.3 Å². The zero-order valence-corrected chi connectivity index (χ0v) is 9.93. The zero-order valence-electron chi connectivity index (χ0n) is 9.11. The molecule has 2 nitrogen and oxygen atoms in total. The fraction of sp³-hybridized carbons (Fsp3) is 0.250. The second kappa shape index (κ2) is 5.66. The summed E-state index contributed by atoms with van der Waals surface area (Å²) in [5.74, 6) is 0. The van der Waals surface area contributed by atoms with E-state index in [0.29, 0.717) is 4.91 Å². The third-order valence-corrected chi connectivity index (χ3v) is 2.69. The van der Waals surface area contributed by atoms with Crippen LogP contribution in [0.2, 0.25) is 0 Å². The van der Waals surface area contributed by atoms with Gasteiger partial charge in [0.25, 0.3) is 0 Å². The van der Waals surface area contributed by atoms with Crippen molar-refractivity contribution in [2.75, 3.05) is 7.11 Å². The molecule has 0 aliphatic rings. The summed E-state index contributed by atoms with van der Waals surface area (Å²) >= 11 is -1.45. The molecule has 0 saturated carbocycles. The molecule has 0 fully saturated rings. The monoisotopic (exact) mass is 222 g/mol. The maximum absolute atomic E-state index is 11.6. The minimum atomic E-state index is -1.45. The summed E-state index contributed by atoms with van der Waals surface area (Å²) in [5.41, 5.74) is 4.90. The van der Waals surface area contributed by atoms with Gasteiger partial charge >= 0.3 is 0 Å². The number of allylic oxidation sites excluding steroid dienone is 1. The Morgan fingerprint density at radius 1 is 1.27 bits per heavy atom. The van der Waals surface area contributed by atoms with Crippen molar-refractivity contribution in [1.82, 2.24) is 0 Å². The highest BCUT2D eigenvalue weighted by Gasteiger charge is 2.08. The van der Waals surface area contributed by atoms with Gasteiger partial charge in [-0.25, -0.2) is 4.21 Å². The standard InChI is InChI=1S/C12H14O2S/c1-10(2)9-12(15(13)14-3)11-7-5-4-6-8-11/h4-8H,1-3H3. The van der Waals surface area contributed by atoms with E-state index in [1.165, 1.54) is 7.11 Å². The van der Waals surface area contributed by atoms with Gasteiger partial charge < -0.3 is 0 Å². The molecule has 0 spiro atoms. The Bertz CT molecular complexity index is 411. The van der Waals surface area contributed by atoms with Crippen molar-refractivity contribution in [2.24, 2.45) is 0 Å². The molecule has 0 bridgehead atoms. The third kappa shape index (κ3) is 3.48. The van der Waals surface area contributed by atoms with Gasteiger partial charge in [0.05, 0.1) is 7.11 Å². The Hall–Kier alpha value is -1.15. The number of hydrogen-bond donors (Lipinski definition) is 0. The van der Waals surface area contributed by atoms with E-state index in [-0.39, 0.29) is 0 Å². The van der Waals surface area contributed by atoms with Gasteiger partial charge in [-0.15, -0.1) is 5.73 Å². The van der Waals surface area contributed by atoms with E-state index in [1.54, 1.807) is 0 Å². The summed E-state index contributed by atoms with van der Waals surface area (Å²) in [6, 6.07) is 9.49. The highest BCUT2D eigenvalue weighted by Crippen LogP contribution is 2.17. The Morgan fingerprint density at radius 3 is 2.33 bits per heavy atom. The molecule has 0 amide bonds. The van der Waals surface area contributed by atoms with Crippen LogP contribution in [0.3, 0.4) is 0 Å². The molecule has 0 aromatic heterocycles. The van der Waals surface area contributed by atoms with E-state index in [0.717, 1.165) is 11.1 Å². The third-order valence-electron chi connectivity index (χ3n) is 1.72. The molecule has 1 aromatic carbocycles. The molecule has 0 radical (unpaired) electrons. The van der Waals surface area contributed by atoms with E-state index in [9.17, 15) is 4.21 Å². The minimum Gasteiger partial charge on any atom is -0.290 e. The quantitative estimate of drug-likeness (QED) is 0.735. The topological polar surface area (TPSA) is 26.3 Å². The summed E-state index contributed by atoms with van der Waals surface area (Å²) < 4.78 is 16.5. The van der Waals surface area contributed by atoms with Crippen molar-refractivity contribution < 1.29 is 8.39 Å². The number of rotatable bonds is 3. The molecule has 0 N–H and O–H groups in total. The van der Waals surface area contributed by atoms with E-state index >= 15 is 0 Å². The van der Waals surface area contributed by atoms with Gasteiger partial charge in [0.1, 0.15) is 4.91 Å². The van der Waals surface area contributed by atoms with Gasteiger partial charge in [0.15, 0.2) is 11.1 Å². The highest BCUT2D eigenvalue weighted by molar-refractivity contribution is 7.90. The summed E-state index contributed by atoms with van der Waals surface area (Å²) in [6.45, 7) is 3.82. The van der Waals surface area contributed by atoms with E-state index in [2.05, 4.69) is 5.73 Å². The molecule has 0 saturated heterocycles. The lowest BCUT2D eigenvalue weighted by Crippen LogP contribution is -1.95. The summed E-state index contributed by atoms with van der Waals surface area (Å²) in [4.78, 5) is 0.582. The zero-order chi connectivity index (χ0) is 11.3. The van der Waals surface area contributed by atoms with Crippen LogP contribution in [0.4, 0.5) is 0 Å². The van der Waals surface area contributed by atoms with Crippen LogP contribution in [0.25, 0.3) is 4.91 Å². The van der Waals surface area contributed by atoms with E-state index in [1.807, 2.05) is 44.2 Å².